The molecule has 1 atom stereocenters. The second kappa shape index (κ2) is 7.47. The number of benzene rings is 2. The van der Waals surface area contributed by atoms with Gasteiger partial charge in [0.2, 0.25) is 5.91 Å². The number of hydrogen-bond acceptors (Lipinski definition) is 4. The molecule has 2 aromatic carbocycles. The molecule has 0 saturated carbocycles. The number of rotatable bonds is 2. The summed E-state index contributed by atoms with van der Waals surface area (Å²) in [6.07, 6.45) is 2.35. The molecule has 5 rings (SSSR count). The summed E-state index contributed by atoms with van der Waals surface area (Å²) in [5.41, 5.74) is 0.629. The lowest BCUT2D eigenvalue weighted by Crippen LogP contribution is -2.49. The van der Waals surface area contributed by atoms with Crippen molar-refractivity contribution in [2.75, 3.05) is 19.7 Å². The molecule has 1 unspecified atom stereocenters. The van der Waals surface area contributed by atoms with Crippen LogP contribution in [0.3, 0.4) is 0 Å². The number of hydrazone groups is 1. The minimum Gasteiger partial charge on any atom is -0.493 e. The lowest BCUT2D eigenvalue weighted by atomic mass is 9.79. The number of piperidine rings is 1. The van der Waals surface area contributed by atoms with Crippen LogP contribution in [0.4, 0.5) is 8.78 Å². The van der Waals surface area contributed by atoms with Crippen molar-refractivity contribution < 1.29 is 18.3 Å². The topological polar surface area (TPSA) is 53.9 Å². The summed E-state index contributed by atoms with van der Waals surface area (Å²) >= 11 is 0. The van der Waals surface area contributed by atoms with Gasteiger partial charge in [0.15, 0.2) is 0 Å². The third kappa shape index (κ3) is 3.08. The zero-order valence-corrected chi connectivity index (χ0v) is 16.5. The molecule has 0 aliphatic carbocycles. The van der Waals surface area contributed by atoms with Crippen molar-refractivity contribution in [2.24, 2.45) is 11.0 Å². The number of hydrogen-bond donors (Lipinski definition) is 1. The molecule has 156 valence electrons. The van der Waals surface area contributed by atoms with Gasteiger partial charge in [-0.15, -0.1) is 0 Å². The molecule has 3 aliphatic heterocycles. The average molecular weight is 411 g/mol. The van der Waals surface area contributed by atoms with E-state index in [1.807, 2.05) is 24.3 Å². The van der Waals surface area contributed by atoms with Crippen LogP contribution >= 0.6 is 0 Å². The molecule has 7 heteroatoms. The highest BCUT2D eigenvalue weighted by atomic mass is 19.1. The molecule has 0 aromatic heterocycles. The Morgan fingerprint density at radius 2 is 1.97 bits per heavy atom. The van der Waals surface area contributed by atoms with Crippen LogP contribution in [0, 0.1) is 17.6 Å². The first-order valence-corrected chi connectivity index (χ1v) is 10.4. The standard InChI is InChI=1S/C23H23F2N3O2/c24-16-5-6-19(25)17(13-16)20-14-23(9-12-30-21-4-2-1-3-18(21)23)28(27-20)22(29)15-7-10-26-11-8-15/h1-6,13,15,26H,7-12,14H2. The van der Waals surface area contributed by atoms with Gasteiger partial charge in [0.05, 0.1) is 12.3 Å². The monoisotopic (exact) mass is 411 g/mol. The molecule has 0 bridgehead atoms. The van der Waals surface area contributed by atoms with E-state index < -0.39 is 17.2 Å². The van der Waals surface area contributed by atoms with Crippen LogP contribution in [0.15, 0.2) is 47.6 Å². The molecule has 3 aliphatic rings. The third-order valence-electron chi connectivity index (χ3n) is 6.38. The molecule has 1 spiro atoms. The van der Waals surface area contributed by atoms with E-state index in [1.54, 1.807) is 5.01 Å². The first kappa shape index (κ1) is 19.2. The van der Waals surface area contributed by atoms with E-state index in [2.05, 4.69) is 10.4 Å². The molecule has 2 aromatic rings. The number of halogens is 2. The van der Waals surface area contributed by atoms with Crippen molar-refractivity contribution in [1.29, 1.82) is 0 Å². The molecule has 3 heterocycles. The Bertz CT molecular complexity index is 1020. The van der Waals surface area contributed by atoms with Gasteiger partial charge in [0, 0.05) is 29.9 Å². The van der Waals surface area contributed by atoms with Crippen LogP contribution in [0.25, 0.3) is 0 Å². The van der Waals surface area contributed by atoms with Gasteiger partial charge in [0.1, 0.15) is 22.9 Å². The van der Waals surface area contributed by atoms with Crippen LogP contribution in [0.1, 0.15) is 36.8 Å². The summed E-state index contributed by atoms with van der Waals surface area (Å²) in [4.78, 5) is 13.6. The molecular weight excluding hydrogens is 388 g/mol. The van der Waals surface area contributed by atoms with Crippen molar-refractivity contribution in [3.05, 3.63) is 65.2 Å². The number of nitrogens with one attached hydrogen (secondary N) is 1. The fraction of sp³-hybridized carbons (Fsp3) is 0.391. The summed E-state index contributed by atoms with van der Waals surface area (Å²) < 4.78 is 34.3. The van der Waals surface area contributed by atoms with Crippen LogP contribution in [-0.4, -0.2) is 36.3 Å². The number of ether oxygens (including phenoxy) is 1. The largest absolute Gasteiger partial charge is 0.493 e. The van der Waals surface area contributed by atoms with Crippen molar-refractivity contribution in [1.82, 2.24) is 10.3 Å². The van der Waals surface area contributed by atoms with Gasteiger partial charge in [-0.2, -0.15) is 5.10 Å². The van der Waals surface area contributed by atoms with Gasteiger partial charge in [-0.05, 0) is 50.2 Å². The smallest absolute Gasteiger partial charge is 0.246 e. The predicted molar refractivity (Wildman–Crippen MR) is 108 cm³/mol. The maximum absolute atomic E-state index is 14.6. The Hall–Kier alpha value is -2.80. The highest BCUT2D eigenvalue weighted by Crippen LogP contribution is 2.48. The van der Waals surface area contributed by atoms with Gasteiger partial charge >= 0.3 is 0 Å². The highest BCUT2D eigenvalue weighted by molar-refractivity contribution is 6.04. The molecule has 1 N–H and O–H groups in total. The number of carbonyl (C=O) groups excluding carboxylic acids is 1. The maximum Gasteiger partial charge on any atom is 0.246 e. The Labute approximate surface area is 173 Å². The first-order chi connectivity index (χ1) is 14.6. The molecule has 1 amide bonds. The quantitative estimate of drug-likeness (QED) is 0.822. The lowest BCUT2D eigenvalue weighted by molar-refractivity contribution is -0.143. The van der Waals surface area contributed by atoms with Crippen molar-refractivity contribution in [3.8, 4) is 5.75 Å². The molecule has 1 saturated heterocycles. The van der Waals surface area contributed by atoms with Gasteiger partial charge in [-0.1, -0.05) is 18.2 Å². The SMILES string of the molecule is O=C(C1CCNCC1)N1N=C(c2cc(F)ccc2F)CC12CCOc1ccccc12. The number of carbonyl (C=O) groups is 1. The van der Waals surface area contributed by atoms with Gasteiger partial charge < -0.3 is 10.1 Å². The zero-order chi connectivity index (χ0) is 20.7. The molecular formula is C23H23F2N3O2. The fourth-order valence-corrected chi connectivity index (χ4v) is 4.82. The Morgan fingerprint density at radius 3 is 2.80 bits per heavy atom. The van der Waals surface area contributed by atoms with Crippen LogP contribution in [0.2, 0.25) is 0 Å². The van der Waals surface area contributed by atoms with E-state index in [9.17, 15) is 13.6 Å². The minimum atomic E-state index is -0.745. The van der Waals surface area contributed by atoms with E-state index >= 15 is 0 Å². The normalized spacial score (nSPS) is 23.8. The number of amides is 1. The van der Waals surface area contributed by atoms with Crippen LogP contribution in [-0.2, 0) is 10.3 Å². The van der Waals surface area contributed by atoms with Crippen LogP contribution in [0.5, 0.6) is 5.75 Å². The maximum atomic E-state index is 14.6. The van der Waals surface area contributed by atoms with Gasteiger partial charge in [-0.3, -0.25) is 4.79 Å². The average Bonchev–Trinajstić information content (AvgIpc) is 3.15. The van der Waals surface area contributed by atoms with E-state index in [4.69, 9.17) is 4.74 Å². The van der Waals surface area contributed by atoms with E-state index in [1.165, 1.54) is 0 Å². The van der Waals surface area contributed by atoms with E-state index in [0.717, 1.165) is 49.7 Å². The summed E-state index contributed by atoms with van der Waals surface area (Å²) in [5, 5.41) is 9.47. The molecule has 5 nitrogen and oxygen atoms in total. The summed E-state index contributed by atoms with van der Waals surface area (Å²) in [6.45, 7) is 2.00. The fourth-order valence-electron chi connectivity index (χ4n) is 4.82. The van der Waals surface area contributed by atoms with Crippen molar-refractivity contribution in [3.63, 3.8) is 0 Å². The second-order valence-corrected chi connectivity index (χ2v) is 8.15. The van der Waals surface area contributed by atoms with E-state index in [-0.39, 0.29) is 17.4 Å². The first-order valence-electron chi connectivity index (χ1n) is 10.4. The summed E-state index contributed by atoms with van der Waals surface area (Å²) in [6, 6.07) is 11.0. The lowest BCUT2D eigenvalue weighted by Gasteiger charge is -2.42. The minimum absolute atomic E-state index is 0.0555. The predicted octanol–water partition coefficient (Wildman–Crippen LogP) is 3.58. The molecule has 1 fully saturated rings. The molecule has 0 radical (unpaired) electrons. The Kier molecular flexibility index (Phi) is 4.77. The number of fused-ring (bicyclic) bond motifs is 2. The van der Waals surface area contributed by atoms with E-state index in [0.29, 0.717) is 30.9 Å². The third-order valence-corrected chi connectivity index (χ3v) is 6.38. The van der Waals surface area contributed by atoms with Gasteiger partial charge in [-0.25, -0.2) is 13.8 Å². The number of para-hydroxylation sites is 1. The molecule has 30 heavy (non-hydrogen) atoms. The number of nitrogens with zero attached hydrogens (tertiary/aromatic N) is 2. The van der Waals surface area contributed by atoms with Crippen molar-refractivity contribution >= 4 is 11.6 Å². The van der Waals surface area contributed by atoms with Gasteiger partial charge in [0.25, 0.3) is 0 Å². The van der Waals surface area contributed by atoms with Crippen molar-refractivity contribution in [2.45, 2.75) is 31.2 Å². The Balaban J connectivity index is 1.62. The second-order valence-electron chi connectivity index (χ2n) is 8.15. The summed E-state index contributed by atoms with van der Waals surface area (Å²) in [7, 11) is 0. The summed E-state index contributed by atoms with van der Waals surface area (Å²) in [5.74, 6) is -0.554. The highest BCUT2D eigenvalue weighted by Gasteiger charge is 2.51. The Morgan fingerprint density at radius 1 is 1.17 bits per heavy atom. The van der Waals surface area contributed by atoms with Crippen LogP contribution < -0.4 is 10.1 Å². The zero-order valence-electron chi connectivity index (χ0n) is 16.5.